The van der Waals surface area contributed by atoms with Gasteiger partial charge in [-0.3, -0.25) is 4.68 Å². The van der Waals surface area contributed by atoms with Gasteiger partial charge in [0, 0.05) is 13.6 Å². The second-order valence-electron chi connectivity index (χ2n) is 4.24. The van der Waals surface area contributed by atoms with Gasteiger partial charge in [0.2, 0.25) is 0 Å². The van der Waals surface area contributed by atoms with Crippen LogP contribution >= 0.6 is 0 Å². The van der Waals surface area contributed by atoms with Crippen LogP contribution in [0, 0.1) is 0 Å². The van der Waals surface area contributed by atoms with Crippen LogP contribution in [-0.2, 0) is 26.6 Å². The van der Waals surface area contributed by atoms with E-state index in [-0.39, 0.29) is 0 Å². The zero-order chi connectivity index (χ0) is 13.0. The number of rotatable bonds is 5. The predicted molar refractivity (Wildman–Crippen MR) is 71.3 cm³/mol. The minimum atomic E-state index is 0.533. The molecule has 0 unspecified atom stereocenters. The van der Waals surface area contributed by atoms with Gasteiger partial charge >= 0.3 is 0 Å². The third-order valence-corrected chi connectivity index (χ3v) is 2.94. The van der Waals surface area contributed by atoms with E-state index in [2.05, 4.69) is 18.1 Å². The van der Waals surface area contributed by atoms with Crippen molar-refractivity contribution in [3.8, 4) is 5.75 Å². The minimum absolute atomic E-state index is 0.533. The predicted octanol–water partition coefficient (Wildman–Crippen LogP) is 2.02. The van der Waals surface area contributed by atoms with E-state index in [0.29, 0.717) is 13.2 Å². The molecule has 18 heavy (non-hydrogen) atoms. The standard InChI is InChI=1S/C14H19N3O/c1-3-12-8-13(17(2)16-12)10-18-14-6-4-11(9-15)5-7-14/h4-8H,3,9-10,15H2,1-2H3. The number of nitrogens with zero attached hydrogens (tertiary/aromatic N) is 2. The van der Waals surface area contributed by atoms with Gasteiger partial charge in [-0.15, -0.1) is 0 Å². The number of hydrogen-bond donors (Lipinski definition) is 1. The molecule has 0 atom stereocenters. The maximum atomic E-state index is 5.73. The largest absolute Gasteiger partial charge is 0.487 e. The van der Waals surface area contributed by atoms with E-state index in [9.17, 15) is 0 Å². The lowest BCUT2D eigenvalue weighted by atomic mass is 10.2. The van der Waals surface area contributed by atoms with Crippen molar-refractivity contribution < 1.29 is 4.74 Å². The van der Waals surface area contributed by atoms with Gasteiger partial charge in [-0.05, 0) is 30.2 Å². The Bertz CT molecular complexity index is 502. The highest BCUT2D eigenvalue weighted by Gasteiger charge is 2.04. The van der Waals surface area contributed by atoms with Crippen molar-refractivity contribution in [1.29, 1.82) is 0 Å². The quantitative estimate of drug-likeness (QED) is 0.876. The molecule has 1 aromatic heterocycles. The summed E-state index contributed by atoms with van der Waals surface area (Å²) in [6.45, 7) is 3.19. The molecule has 96 valence electrons. The fraction of sp³-hybridized carbons (Fsp3) is 0.357. The molecule has 0 saturated heterocycles. The molecule has 4 heteroatoms. The summed E-state index contributed by atoms with van der Waals surface area (Å²) < 4.78 is 7.60. The molecule has 0 saturated carbocycles. The summed E-state index contributed by atoms with van der Waals surface area (Å²) in [6.07, 6.45) is 0.943. The van der Waals surface area contributed by atoms with Gasteiger partial charge in [0.25, 0.3) is 0 Å². The van der Waals surface area contributed by atoms with Crippen molar-refractivity contribution >= 4 is 0 Å². The molecule has 0 aliphatic carbocycles. The van der Waals surface area contributed by atoms with Crippen molar-refractivity contribution in [3.63, 3.8) is 0 Å². The number of nitrogens with two attached hydrogens (primary N) is 1. The van der Waals surface area contributed by atoms with Gasteiger partial charge < -0.3 is 10.5 Å². The zero-order valence-corrected chi connectivity index (χ0v) is 10.9. The molecule has 2 rings (SSSR count). The summed E-state index contributed by atoms with van der Waals surface area (Å²) >= 11 is 0. The molecule has 0 aliphatic heterocycles. The Balaban J connectivity index is 1.99. The molecule has 1 heterocycles. The van der Waals surface area contributed by atoms with Crippen molar-refractivity contribution in [1.82, 2.24) is 9.78 Å². The van der Waals surface area contributed by atoms with E-state index < -0.39 is 0 Å². The van der Waals surface area contributed by atoms with Crippen LogP contribution in [0.25, 0.3) is 0 Å². The average Bonchev–Trinajstić information content (AvgIpc) is 2.77. The van der Waals surface area contributed by atoms with E-state index >= 15 is 0 Å². The summed E-state index contributed by atoms with van der Waals surface area (Å²) in [4.78, 5) is 0. The van der Waals surface area contributed by atoms with Crippen molar-refractivity contribution in [2.45, 2.75) is 26.5 Å². The van der Waals surface area contributed by atoms with Crippen LogP contribution in [0.3, 0.4) is 0 Å². The smallest absolute Gasteiger partial charge is 0.130 e. The monoisotopic (exact) mass is 245 g/mol. The van der Waals surface area contributed by atoms with Gasteiger partial charge in [-0.25, -0.2) is 0 Å². The lowest BCUT2D eigenvalue weighted by molar-refractivity contribution is 0.295. The third-order valence-electron chi connectivity index (χ3n) is 2.94. The van der Waals surface area contributed by atoms with Crippen molar-refractivity contribution in [3.05, 3.63) is 47.3 Å². The molecule has 0 fully saturated rings. The molecule has 0 bridgehead atoms. The number of benzene rings is 1. The van der Waals surface area contributed by atoms with Gasteiger partial charge in [-0.1, -0.05) is 19.1 Å². The molecule has 4 nitrogen and oxygen atoms in total. The van der Waals surface area contributed by atoms with E-state index in [0.717, 1.165) is 29.1 Å². The lowest BCUT2D eigenvalue weighted by Crippen LogP contribution is -2.03. The molecule has 0 spiro atoms. The lowest BCUT2D eigenvalue weighted by Gasteiger charge is -2.06. The topological polar surface area (TPSA) is 53.1 Å². The molecular weight excluding hydrogens is 226 g/mol. The Kier molecular flexibility index (Phi) is 3.99. The normalized spacial score (nSPS) is 10.6. The van der Waals surface area contributed by atoms with Gasteiger partial charge in [0.05, 0.1) is 11.4 Å². The summed E-state index contributed by atoms with van der Waals surface area (Å²) in [6, 6.07) is 9.93. The van der Waals surface area contributed by atoms with Gasteiger partial charge in [0.15, 0.2) is 0 Å². The minimum Gasteiger partial charge on any atom is -0.487 e. The van der Waals surface area contributed by atoms with Gasteiger partial charge in [-0.2, -0.15) is 5.10 Å². The first kappa shape index (κ1) is 12.6. The van der Waals surface area contributed by atoms with E-state index in [1.807, 2.05) is 36.0 Å². The Morgan fingerprint density at radius 1 is 1.28 bits per heavy atom. The highest BCUT2D eigenvalue weighted by atomic mass is 16.5. The third kappa shape index (κ3) is 2.90. The SMILES string of the molecule is CCc1cc(COc2ccc(CN)cc2)n(C)n1. The zero-order valence-electron chi connectivity index (χ0n) is 10.9. The number of aryl methyl sites for hydroxylation is 2. The summed E-state index contributed by atoms with van der Waals surface area (Å²) in [5, 5.41) is 4.39. The van der Waals surface area contributed by atoms with E-state index in [1.165, 1.54) is 0 Å². The molecule has 2 aromatic rings. The Hall–Kier alpha value is -1.81. The fourth-order valence-corrected chi connectivity index (χ4v) is 1.76. The van der Waals surface area contributed by atoms with Crippen LogP contribution < -0.4 is 10.5 Å². The Labute approximate surface area is 107 Å². The summed E-state index contributed by atoms with van der Waals surface area (Å²) in [7, 11) is 1.94. The first-order chi connectivity index (χ1) is 8.72. The van der Waals surface area contributed by atoms with Crippen LogP contribution in [0.15, 0.2) is 30.3 Å². The highest BCUT2D eigenvalue weighted by molar-refractivity contribution is 5.27. The number of hydrogen-bond acceptors (Lipinski definition) is 3. The number of ether oxygens (including phenoxy) is 1. The molecular formula is C14H19N3O. The molecule has 0 aliphatic rings. The summed E-state index contributed by atoms with van der Waals surface area (Å²) in [5.41, 5.74) is 8.83. The molecule has 1 aromatic carbocycles. The van der Waals surface area contributed by atoms with Crippen LogP contribution in [0.1, 0.15) is 23.9 Å². The fourth-order valence-electron chi connectivity index (χ4n) is 1.76. The van der Waals surface area contributed by atoms with Crippen molar-refractivity contribution in [2.24, 2.45) is 12.8 Å². The van der Waals surface area contributed by atoms with Gasteiger partial charge in [0.1, 0.15) is 12.4 Å². The Morgan fingerprint density at radius 2 is 2.00 bits per heavy atom. The van der Waals surface area contributed by atoms with Crippen LogP contribution in [-0.4, -0.2) is 9.78 Å². The number of aromatic nitrogens is 2. The molecule has 0 amide bonds. The summed E-state index contributed by atoms with van der Waals surface area (Å²) in [5.74, 6) is 0.853. The average molecular weight is 245 g/mol. The highest BCUT2D eigenvalue weighted by Crippen LogP contribution is 2.14. The van der Waals surface area contributed by atoms with Crippen LogP contribution in [0.4, 0.5) is 0 Å². The van der Waals surface area contributed by atoms with E-state index in [4.69, 9.17) is 10.5 Å². The molecule has 2 N–H and O–H groups in total. The first-order valence-electron chi connectivity index (χ1n) is 6.16. The maximum Gasteiger partial charge on any atom is 0.130 e. The van der Waals surface area contributed by atoms with Crippen molar-refractivity contribution in [2.75, 3.05) is 0 Å². The first-order valence-corrected chi connectivity index (χ1v) is 6.16. The second-order valence-corrected chi connectivity index (χ2v) is 4.24. The molecule has 0 radical (unpaired) electrons. The van der Waals surface area contributed by atoms with Crippen LogP contribution in [0.5, 0.6) is 5.75 Å². The Morgan fingerprint density at radius 3 is 2.56 bits per heavy atom. The maximum absolute atomic E-state index is 5.73. The van der Waals surface area contributed by atoms with E-state index in [1.54, 1.807) is 0 Å². The van der Waals surface area contributed by atoms with Crippen LogP contribution in [0.2, 0.25) is 0 Å². The second kappa shape index (κ2) is 5.69.